The number of nitrogens with zero attached hydrogens (tertiary/aromatic N) is 1. The molecule has 0 bridgehead atoms. The molecule has 0 saturated heterocycles. The molecule has 1 rings (SSSR count). The van der Waals surface area contributed by atoms with E-state index in [1.54, 1.807) is 0 Å². The Morgan fingerprint density at radius 1 is 1.50 bits per heavy atom. The summed E-state index contributed by atoms with van der Waals surface area (Å²) in [6, 6.07) is 0.898. The van der Waals surface area contributed by atoms with Crippen molar-refractivity contribution in [1.82, 2.24) is 10.3 Å². The number of anilines is 1. The van der Waals surface area contributed by atoms with Crippen molar-refractivity contribution in [3.05, 3.63) is 24.0 Å². The lowest BCUT2D eigenvalue weighted by atomic mass is 10.2. The fraction of sp³-hybridized carbons (Fsp3) is 0.300. The van der Waals surface area contributed by atoms with Gasteiger partial charge in [-0.25, -0.2) is 9.59 Å². The van der Waals surface area contributed by atoms with Crippen LogP contribution >= 0.6 is 0 Å². The molecule has 6 heteroatoms. The van der Waals surface area contributed by atoms with Gasteiger partial charge in [0.25, 0.3) is 0 Å². The molecular weight excluding hydrogens is 210 g/mol. The van der Waals surface area contributed by atoms with Crippen LogP contribution in [-0.2, 0) is 0 Å². The number of hydrogen-bond donors (Lipinski definition) is 3. The summed E-state index contributed by atoms with van der Waals surface area (Å²) in [5, 5.41) is 13.9. The quantitative estimate of drug-likeness (QED) is 0.717. The van der Waals surface area contributed by atoms with Gasteiger partial charge in [0, 0.05) is 12.7 Å². The van der Waals surface area contributed by atoms with E-state index in [4.69, 9.17) is 5.11 Å². The summed E-state index contributed by atoms with van der Waals surface area (Å²) in [6.07, 6.45) is 3.47. The molecule has 2 amide bonds. The van der Waals surface area contributed by atoms with Gasteiger partial charge in [-0.3, -0.25) is 4.98 Å². The molecule has 0 radical (unpaired) electrons. The smallest absolute Gasteiger partial charge is 0.337 e. The summed E-state index contributed by atoms with van der Waals surface area (Å²) in [5.41, 5.74) is 0.199. The molecule has 0 atom stereocenters. The summed E-state index contributed by atoms with van der Waals surface area (Å²) in [4.78, 5) is 25.9. The number of nitrogens with one attached hydrogen (secondary N) is 2. The first-order valence-corrected chi connectivity index (χ1v) is 4.87. The summed E-state index contributed by atoms with van der Waals surface area (Å²) >= 11 is 0. The monoisotopic (exact) mass is 223 g/mol. The van der Waals surface area contributed by atoms with E-state index in [1.165, 1.54) is 18.5 Å². The van der Waals surface area contributed by atoms with Gasteiger partial charge in [-0.15, -0.1) is 0 Å². The zero-order chi connectivity index (χ0) is 12.0. The lowest BCUT2D eigenvalue weighted by molar-refractivity contribution is 0.0698. The highest BCUT2D eigenvalue weighted by molar-refractivity contribution is 5.99. The molecule has 1 aromatic heterocycles. The minimum atomic E-state index is -1.10. The lowest BCUT2D eigenvalue weighted by Crippen LogP contribution is -2.29. The minimum absolute atomic E-state index is 0.0154. The Hall–Kier alpha value is -2.11. The van der Waals surface area contributed by atoms with Crippen LogP contribution in [0.4, 0.5) is 10.5 Å². The molecule has 86 valence electrons. The Balaban J connectivity index is 2.73. The number of carbonyl (C=O) groups is 2. The number of urea groups is 1. The summed E-state index contributed by atoms with van der Waals surface area (Å²) in [7, 11) is 0. The van der Waals surface area contributed by atoms with Crippen LogP contribution in [0.25, 0.3) is 0 Å². The predicted octanol–water partition coefficient (Wildman–Crippen LogP) is 1.31. The van der Waals surface area contributed by atoms with E-state index in [9.17, 15) is 9.59 Å². The Morgan fingerprint density at radius 3 is 2.88 bits per heavy atom. The number of aromatic carboxylic acids is 1. The van der Waals surface area contributed by atoms with Crippen molar-refractivity contribution in [1.29, 1.82) is 0 Å². The van der Waals surface area contributed by atoms with Crippen LogP contribution in [0.3, 0.4) is 0 Å². The second kappa shape index (κ2) is 5.69. The number of pyridine rings is 1. The zero-order valence-electron chi connectivity index (χ0n) is 8.86. The Bertz CT molecular complexity index is 393. The lowest BCUT2D eigenvalue weighted by Gasteiger charge is -2.08. The summed E-state index contributed by atoms with van der Waals surface area (Å²) in [6.45, 7) is 2.46. The third kappa shape index (κ3) is 3.23. The van der Waals surface area contributed by atoms with Crippen LogP contribution in [0.2, 0.25) is 0 Å². The number of carboxylic acids is 1. The number of amides is 2. The summed E-state index contributed by atoms with van der Waals surface area (Å²) in [5.74, 6) is -1.10. The summed E-state index contributed by atoms with van der Waals surface area (Å²) < 4.78 is 0. The molecule has 1 aromatic rings. The van der Waals surface area contributed by atoms with E-state index >= 15 is 0 Å². The molecule has 0 unspecified atom stereocenters. The van der Waals surface area contributed by atoms with E-state index in [0.29, 0.717) is 6.54 Å². The van der Waals surface area contributed by atoms with Crippen molar-refractivity contribution in [2.75, 3.05) is 11.9 Å². The van der Waals surface area contributed by atoms with E-state index in [-0.39, 0.29) is 11.3 Å². The molecule has 0 spiro atoms. The van der Waals surface area contributed by atoms with Gasteiger partial charge in [0.2, 0.25) is 0 Å². The highest BCUT2D eigenvalue weighted by Crippen LogP contribution is 2.12. The predicted molar refractivity (Wildman–Crippen MR) is 58.5 cm³/mol. The molecule has 0 aromatic carbocycles. The van der Waals surface area contributed by atoms with E-state index < -0.39 is 12.0 Å². The molecule has 1 heterocycles. The maximum atomic E-state index is 11.3. The van der Waals surface area contributed by atoms with Crippen molar-refractivity contribution < 1.29 is 14.7 Å². The molecule has 16 heavy (non-hydrogen) atoms. The maximum Gasteiger partial charge on any atom is 0.337 e. The van der Waals surface area contributed by atoms with Gasteiger partial charge in [0.15, 0.2) is 0 Å². The standard InChI is InChI=1S/C10H13N3O3/c1-2-4-12-10(16)13-8-6-11-5-3-7(8)9(14)15/h3,5-6H,2,4H2,1H3,(H,14,15)(H2,12,13,16). The average molecular weight is 223 g/mol. The Kier molecular flexibility index (Phi) is 4.26. The molecular formula is C10H13N3O3. The normalized spacial score (nSPS) is 9.56. The number of aromatic nitrogens is 1. The molecule has 6 nitrogen and oxygen atoms in total. The maximum absolute atomic E-state index is 11.3. The van der Waals surface area contributed by atoms with Gasteiger partial charge in [-0.05, 0) is 12.5 Å². The average Bonchev–Trinajstić information content (AvgIpc) is 2.27. The van der Waals surface area contributed by atoms with Crippen molar-refractivity contribution in [3.63, 3.8) is 0 Å². The van der Waals surface area contributed by atoms with Gasteiger partial charge in [-0.2, -0.15) is 0 Å². The number of carbonyl (C=O) groups excluding carboxylic acids is 1. The largest absolute Gasteiger partial charge is 0.478 e. The Morgan fingerprint density at radius 2 is 2.25 bits per heavy atom. The molecule has 0 fully saturated rings. The molecule has 0 aliphatic carbocycles. The first kappa shape index (κ1) is 12.0. The number of rotatable bonds is 4. The first-order valence-electron chi connectivity index (χ1n) is 4.87. The number of carboxylic acid groups (broad SMARTS) is 1. The van der Waals surface area contributed by atoms with Gasteiger partial charge in [-0.1, -0.05) is 6.92 Å². The van der Waals surface area contributed by atoms with Gasteiger partial charge in [0.1, 0.15) is 0 Å². The van der Waals surface area contributed by atoms with Crippen molar-refractivity contribution >= 4 is 17.7 Å². The van der Waals surface area contributed by atoms with Crippen molar-refractivity contribution in [2.45, 2.75) is 13.3 Å². The van der Waals surface area contributed by atoms with Crippen LogP contribution in [-0.4, -0.2) is 28.6 Å². The fourth-order valence-electron chi connectivity index (χ4n) is 1.09. The van der Waals surface area contributed by atoms with Crippen molar-refractivity contribution in [2.24, 2.45) is 0 Å². The van der Waals surface area contributed by atoms with Crippen LogP contribution in [0.15, 0.2) is 18.5 Å². The Labute approximate surface area is 92.7 Å². The van der Waals surface area contributed by atoms with E-state index in [1.807, 2.05) is 6.92 Å². The van der Waals surface area contributed by atoms with Gasteiger partial charge >= 0.3 is 12.0 Å². The van der Waals surface area contributed by atoms with E-state index in [2.05, 4.69) is 15.6 Å². The number of hydrogen-bond acceptors (Lipinski definition) is 3. The highest BCUT2D eigenvalue weighted by Gasteiger charge is 2.11. The van der Waals surface area contributed by atoms with Crippen molar-refractivity contribution in [3.8, 4) is 0 Å². The molecule has 0 aliphatic heterocycles. The van der Waals surface area contributed by atoms with E-state index in [0.717, 1.165) is 6.42 Å². The van der Waals surface area contributed by atoms with Crippen LogP contribution in [0.5, 0.6) is 0 Å². The highest BCUT2D eigenvalue weighted by atomic mass is 16.4. The second-order valence-electron chi connectivity index (χ2n) is 3.11. The van der Waals surface area contributed by atoms with Gasteiger partial charge < -0.3 is 15.7 Å². The molecule has 0 saturated carbocycles. The van der Waals surface area contributed by atoms with Crippen LogP contribution in [0, 0.1) is 0 Å². The second-order valence-corrected chi connectivity index (χ2v) is 3.11. The fourth-order valence-corrected chi connectivity index (χ4v) is 1.09. The SMILES string of the molecule is CCCNC(=O)Nc1cnccc1C(=O)O. The third-order valence-corrected chi connectivity index (χ3v) is 1.84. The van der Waals surface area contributed by atoms with Crippen LogP contribution < -0.4 is 10.6 Å². The minimum Gasteiger partial charge on any atom is -0.478 e. The third-order valence-electron chi connectivity index (χ3n) is 1.84. The molecule has 0 aliphatic rings. The van der Waals surface area contributed by atoms with Gasteiger partial charge in [0.05, 0.1) is 17.4 Å². The first-order chi connectivity index (χ1) is 7.65. The topological polar surface area (TPSA) is 91.3 Å². The zero-order valence-corrected chi connectivity index (χ0v) is 8.86. The van der Waals surface area contributed by atoms with Crippen LogP contribution in [0.1, 0.15) is 23.7 Å². The molecule has 3 N–H and O–H groups in total.